The van der Waals surface area contributed by atoms with Gasteiger partial charge in [0.1, 0.15) is 11.5 Å². The van der Waals surface area contributed by atoms with Crippen molar-refractivity contribution in [1.29, 1.82) is 0 Å². The Morgan fingerprint density at radius 2 is 1.88 bits per heavy atom. The molecule has 1 aromatic carbocycles. The van der Waals surface area contributed by atoms with Gasteiger partial charge in [0.25, 0.3) is 5.91 Å². The number of aryl methyl sites for hydroxylation is 2. The van der Waals surface area contributed by atoms with Crippen LogP contribution in [0.25, 0.3) is 22.3 Å². The number of likely N-dealkylation sites (N-methyl/N-ethyl adjacent to an activating group) is 1. The number of furan rings is 1. The highest BCUT2D eigenvalue weighted by Gasteiger charge is 2.22. The number of aromatic nitrogens is 3. The minimum Gasteiger partial charge on any atom is -0.466 e. The highest BCUT2D eigenvalue weighted by molar-refractivity contribution is 6.06. The molecule has 172 valence electrons. The van der Waals surface area contributed by atoms with Crippen molar-refractivity contribution in [2.24, 2.45) is 0 Å². The molecule has 4 aromatic rings. The van der Waals surface area contributed by atoms with E-state index in [4.69, 9.17) is 9.40 Å². The summed E-state index contributed by atoms with van der Waals surface area (Å²) in [7, 11) is 4.03. The van der Waals surface area contributed by atoms with E-state index in [1.165, 1.54) is 0 Å². The summed E-state index contributed by atoms with van der Waals surface area (Å²) in [4.78, 5) is 20.4. The Kier molecular flexibility index (Phi) is 6.33. The second kappa shape index (κ2) is 9.19. The van der Waals surface area contributed by atoms with E-state index in [0.29, 0.717) is 23.4 Å². The molecule has 0 radical (unpaired) electrons. The Hall–Kier alpha value is -3.45. The van der Waals surface area contributed by atoms with Crippen LogP contribution in [0.5, 0.6) is 0 Å². The average molecular weight is 446 g/mol. The Bertz CT molecular complexity index is 1270. The highest BCUT2D eigenvalue weighted by Crippen LogP contribution is 2.30. The van der Waals surface area contributed by atoms with Gasteiger partial charge in [-0.1, -0.05) is 30.3 Å². The molecular formula is C26H31N5O2. The molecule has 7 nitrogen and oxygen atoms in total. The molecule has 0 spiro atoms. The third kappa shape index (κ3) is 4.54. The molecule has 7 heteroatoms. The van der Waals surface area contributed by atoms with Gasteiger partial charge in [0, 0.05) is 18.2 Å². The standard InChI is InChI=1S/C26H31N5O2/c1-16(2)31-25-22(14-28-31)21(13-23(29-25)20-12-17(3)33-18(20)4)26(32)27-15-24(30(5)6)19-10-8-7-9-11-19/h7-14,16,24H,15H2,1-6H3,(H,27,32). The van der Waals surface area contributed by atoms with E-state index < -0.39 is 0 Å². The molecule has 1 unspecified atom stereocenters. The largest absolute Gasteiger partial charge is 0.466 e. The molecule has 1 atom stereocenters. The SMILES string of the molecule is Cc1cc(-c2cc(C(=O)NCC(c3ccccc3)N(C)C)c3cnn(C(C)C)c3n2)c(C)o1. The topological polar surface area (TPSA) is 76.2 Å². The smallest absolute Gasteiger partial charge is 0.252 e. The van der Waals surface area contributed by atoms with Crippen molar-refractivity contribution in [1.82, 2.24) is 25.0 Å². The van der Waals surface area contributed by atoms with E-state index in [9.17, 15) is 4.79 Å². The number of nitrogens with zero attached hydrogens (tertiary/aromatic N) is 4. The van der Waals surface area contributed by atoms with Gasteiger partial charge in [-0.3, -0.25) is 4.79 Å². The molecule has 1 amide bonds. The third-order valence-corrected chi connectivity index (χ3v) is 5.88. The number of benzene rings is 1. The first kappa shape index (κ1) is 22.7. The molecule has 1 N–H and O–H groups in total. The first-order valence-corrected chi connectivity index (χ1v) is 11.2. The monoisotopic (exact) mass is 445 g/mol. The van der Waals surface area contributed by atoms with Crippen LogP contribution < -0.4 is 5.32 Å². The van der Waals surface area contributed by atoms with Crippen molar-refractivity contribution in [2.45, 2.75) is 39.8 Å². The lowest BCUT2D eigenvalue weighted by Crippen LogP contribution is -2.34. The van der Waals surface area contributed by atoms with Gasteiger partial charge in [-0.25, -0.2) is 9.67 Å². The second-order valence-electron chi connectivity index (χ2n) is 8.90. The summed E-state index contributed by atoms with van der Waals surface area (Å²) in [6.45, 7) is 8.41. The molecule has 0 bridgehead atoms. The minimum absolute atomic E-state index is 0.0594. The number of hydrogen-bond acceptors (Lipinski definition) is 5. The van der Waals surface area contributed by atoms with E-state index in [0.717, 1.165) is 28.0 Å². The number of pyridine rings is 1. The number of carbonyl (C=O) groups is 1. The lowest BCUT2D eigenvalue weighted by atomic mass is 10.0. The number of hydrogen-bond donors (Lipinski definition) is 1. The lowest BCUT2D eigenvalue weighted by molar-refractivity contribution is 0.0943. The minimum atomic E-state index is -0.146. The number of fused-ring (bicyclic) bond motifs is 1. The molecular weight excluding hydrogens is 414 g/mol. The summed E-state index contributed by atoms with van der Waals surface area (Å²) < 4.78 is 7.58. The van der Waals surface area contributed by atoms with Crippen molar-refractivity contribution in [3.8, 4) is 11.3 Å². The van der Waals surface area contributed by atoms with Crippen LogP contribution >= 0.6 is 0 Å². The van der Waals surface area contributed by atoms with Crippen molar-refractivity contribution in [2.75, 3.05) is 20.6 Å². The van der Waals surface area contributed by atoms with Crippen molar-refractivity contribution in [3.63, 3.8) is 0 Å². The van der Waals surface area contributed by atoms with Crippen molar-refractivity contribution in [3.05, 3.63) is 71.3 Å². The van der Waals surface area contributed by atoms with Gasteiger partial charge < -0.3 is 14.6 Å². The Labute approximate surface area is 194 Å². The maximum atomic E-state index is 13.5. The van der Waals surface area contributed by atoms with E-state index in [-0.39, 0.29) is 18.0 Å². The molecule has 3 heterocycles. The van der Waals surface area contributed by atoms with Crippen LogP contribution in [0.15, 0.2) is 53.1 Å². The predicted octanol–water partition coefficient (Wildman–Crippen LogP) is 4.92. The van der Waals surface area contributed by atoms with Crippen LogP contribution in [0.4, 0.5) is 0 Å². The summed E-state index contributed by atoms with van der Waals surface area (Å²) >= 11 is 0. The van der Waals surface area contributed by atoms with Crippen LogP contribution in [-0.2, 0) is 0 Å². The van der Waals surface area contributed by atoms with Gasteiger partial charge in [0.2, 0.25) is 0 Å². The number of carbonyl (C=O) groups excluding carboxylic acids is 1. The van der Waals surface area contributed by atoms with Crippen molar-refractivity contribution < 1.29 is 9.21 Å². The maximum Gasteiger partial charge on any atom is 0.252 e. The van der Waals surface area contributed by atoms with Crippen molar-refractivity contribution >= 4 is 16.9 Å². The number of nitrogens with one attached hydrogen (secondary N) is 1. The molecule has 0 saturated heterocycles. The van der Waals surface area contributed by atoms with Gasteiger partial charge in [0.15, 0.2) is 5.65 Å². The number of rotatable bonds is 7. The van der Waals surface area contributed by atoms with Crippen LogP contribution in [-0.4, -0.2) is 46.2 Å². The zero-order valence-corrected chi connectivity index (χ0v) is 20.1. The Balaban J connectivity index is 1.72. The molecule has 3 aromatic heterocycles. The highest BCUT2D eigenvalue weighted by atomic mass is 16.3. The van der Waals surface area contributed by atoms with E-state index in [1.54, 1.807) is 6.20 Å². The fourth-order valence-electron chi connectivity index (χ4n) is 4.17. The first-order chi connectivity index (χ1) is 15.8. The first-order valence-electron chi connectivity index (χ1n) is 11.2. The van der Waals surface area contributed by atoms with Crippen LogP contribution in [0.3, 0.4) is 0 Å². The Morgan fingerprint density at radius 1 is 1.15 bits per heavy atom. The lowest BCUT2D eigenvalue weighted by Gasteiger charge is -2.25. The molecule has 0 aliphatic heterocycles. The molecule has 4 rings (SSSR count). The summed E-state index contributed by atoms with van der Waals surface area (Å²) in [5.74, 6) is 1.44. The van der Waals surface area contributed by atoms with E-state index >= 15 is 0 Å². The van der Waals surface area contributed by atoms with Crippen LogP contribution in [0, 0.1) is 13.8 Å². The summed E-state index contributed by atoms with van der Waals surface area (Å²) in [6.07, 6.45) is 1.73. The fraction of sp³-hybridized carbons (Fsp3) is 0.346. The zero-order chi connectivity index (χ0) is 23.7. The summed E-state index contributed by atoms with van der Waals surface area (Å²) in [5, 5.41) is 8.39. The fourth-order valence-corrected chi connectivity index (χ4v) is 4.17. The average Bonchev–Trinajstić information content (AvgIpc) is 3.36. The normalized spacial score (nSPS) is 12.6. The number of amides is 1. The summed E-state index contributed by atoms with van der Waals surface area (Å²) in [6, 6.07) is 14.2. The maximum absolute atomic E-state index is 13.5. The van der Waals surface area contributed by atoms with Gasteiger partial charge >= 0.3 is 0 Å². The van der Waals surface area contributed by atoms with E-state index in [2.05, 4.69) is 41.3 Å². The Morgan fingerprint density at radius 3 is 2.48 bits per heavy atom. The van der Waals surface area contributed by atoms with E-state index in [1.807, 2.05) is 63.0 Å². The second-order valence-corrected chi connectivity index (χ2v) is 8.90. The molecule has 0 aliphatic carbocycles. The zero-order valence-electron chi connectivity index (χ0n) is 20.1. The molecule has 0 aliphatic rings. The van der Waals surface area contributed by atoms with Gasteiger partial charge in [-0.05, 0) is 59.5 Å². The third-order valence-electron chi connectivity index (χ3n) is 5.88. The van der Waals surface area contributed by atoms with Gasteiger partial charge in [-0.15, -0.1) is 0 Å². The molecule has 33 heavy (non-hydrogen) atoms. The van der Waals surface area contributed by atoms with Crippen LogP contribution in [0.1, 0.15) is 53.4 Å². The summed E-state index contributed by atoms with van der Waals surface area (Å²) in [5.41, 5.74) is 4.00. The van der Waals surface area contributed by atoms with Crippen LogP contribution in [0.2, 0.25) is 0 Å². The van der Waals surface area contributed by atoms with Gasteiger partial charge in [-0.2, -0.15) is 5.10 Å². The van der Waals surface area contributed by atoms with Gasteiger partial charge in [0.05, 0.1) is 28.9 Å². The molecule has 0 saturated carbocycles. The quantitative estimate of drug-likeness (QED) is 0.437. The molecule has 0 fully saturated rings. The predicted molar refractivity (Wildman–Crippen MR) is 130 cm³/mol.